The van der Waals surface area contributed by atoms with E-state index >= 15 is 0 Å². The Kier molecular flexibility index (Phi) is 3.80. The van der Waals surface area contributed by atoms with Crippen molar-refractivity contribution in [3.05, 3.63) is 59.1 Å². The highest BCUT2D eigenvalue weighted by Crippen LogP contribution is 2.40. The molecule has 0 bridgehead atoms. The van der Waals surface area contributed by atoms with Crippen molar-refractivity contribution >= 4 is 28.3 Å². The number of carbonyl (C=O) groups is 2. The van der Waals surface area contributed by atoms with Crippen LogP contribution in [0.5, 0.6) is 5.75 Å². The molecule has 0 atom stereocenters. The Morgan fingerprint density at radius 2 is 1.85 bits per heavy atom. The summed E-state index contributed by atoms with van der Waals surface area (Å²) < 4.78 is 24.7. The number of fused-ring (bicyclic) bond motifs is 3. The zero-order chi connectivity index (χ0) is 19.3. The number of hydrogen-bond acceptors (Lipinski definition) is 4. The maximum absolute atomic E-state index is 13.0. The largest absolute Gasteiger partial charge is 0.487 e. The van der Waals surface area contributed by atoms with E-state index in [4.69, 9.17) is 9.15 Å². The number of amides is 1. The predicted octanol–water partition coefficient (Wildman–Crippen LogP) is 4.88. The van der Waals surface area contributed by atoms with E-state index in [9.17, 15) is 14.0 Å². The van der Waals surface area contributed by atoms with Gasteiger partial charge >= 0.3 is 0 Å². The van der Waals surface area contributed by atoms with Gasteiger partial charge in [0.1, 0.15) is 22.8 Å². The first-order valence-corrected chi connectivity index (χ1v) is 8.60. The highest BCUT2D eigenvalue weighted by molar-refractivity contribution is 6.14. The van der Waals surface area contributed by atoms with Gasteiger partial charge in [0.15, 0.2) is 11.5 Å². The van der Waals surface area contributed by atoms with E-state index in [-0.39, 0.29) is 23.8 Å². The van der Waals surface area contributed by atoms with Gasteiger partial charge in [-0.15, -0.1) is 0 Å². The summed E-state index contributed by atoms with van der Waals surface area (Å²) in [4.78, 5) is 25.3. The van der Waals surface area contributed by atoms with Crippen molar-refractivity contribution < 1.29 is 23.1 Å². The Hall–Kier alpha value is -3.15. The fourth-order valence-corrected chi connectivity index (χ4v) is 3.43. The molecule has 6 heteroatoms. The molecule has 0 radical (unpaired) electrons. The number of carbonyl (C=O) groups excluding carboxylic acids is 2. The second-order valence-corrected chi connectivity index (χ2v) is 7.29. The lowest BCUT2D eigenvalue weighted by Gasteiger charge is -2.31. The van der Waals surface area contributed by atoms with E-state index in [2.05, 4.69) is 5.32 Å². The topological polar surface area (TPSA) is 68.5 Å². The van der Waals surface area contributed by atoms with E-state index in [1.54, 1.807) is 19.1 Å². The maximum Gasteiger partial charge on any atom is 0.291 e. The van der Waals surface area contributed by atoms with Crippen molar-refractivity contribution in [1.82, 2.24) is 0 Å². The van der Waals surface area contributed by atoms with Gasteiger partial charge in [-0.05, 0) is 57.2 Å². The Morgan fingerprint density at radius 3 is 2.56 bits per heavy atom. The third-order valence-electron chi connectivity index (χ3n) is 4.62. The molecule has 4 rings (SSSR count). The van der Waals surface area contributed by atoms with E-state index in [0.717, 1.165) is 0 Å². The standard InChI is InChI=1S/C21H18FNO4/c1-11-17-15(8-9-16-18(17)14(24)10-21(2,3)27-16)26-19(11)20(25)23-13-6-4-12(22)5-7-13/h4-9H,10H2,1-3H3,(H,23,25). The van der Waals surface area contributed by atoms with Crippen molar-refractivity contribution in [2.75, 3.05) is 5.32 Å². The SMILES string of the molecule is Cc1c(C(=O)Nc2ccc(F)cc2)oc2ccc3c(c12)C(=O)CC(C)(C)O3. The first kappa shape index (κ1) is 17.3. The van der Waals surface area contributed by atoms with E-state index < -0.39 is 11.5 Å². The van der Waals surface area contributed by atoms with Gasteiger partial charge in [-0.1, -0.05) is 0 Å². The maximum atomic E-state index is 13.0. The number of Topliss-reactive ketones (excluding diaryl/α,β-unsaturated/α-hetero) is 1. The summed E-state index contributed by atoms with van der Waals surface area (Å²) in [7, 11) is 0. The normalized spacial score (nSPS) is 15.3. The van der Waals surface area contributed by atoms with Crippen molar-refractivity contribution in [3.63, 3.8) is 0 Å². The van der Waals surface area contributed by atoms with Gasteiger partial charge < -0.3 is 14.5 Å². The van der Waals surface area contributed by atoms with Gasteiger partial charge in [-0.25, -0.2) is 4.39 Å². The number of nitrogens with one attached hydrogen (secondary N) is 1. The molecule has 0 aliphatic carbocycles. The molecule has 2 heterocycles. The molecule has 0 saturated carbocycles. The highest BCUT2D eigenvalue weighted by atomic mass is 19.1. The number of ketones is 1. The molecule has 0 unspecified atom stereocenters. The first-order chi connectivity index (χ1) is 12.7. The molecule has 0 fully saturated rings. The minimum absolute atomic E-state index is 0.0405. The lowest BCUT2D eigenvalue weighted by atomic mass is 9.90. The fraction of sp³-hybridized carbons (Fsp3) is 0.238. The Labute approximate surface area is 155 Å². The number of halogens is 1. The van der Waals surface area contributed by atoms with Gasteiger partial charge in [0.05, 0.1) is 12.0 Å². The summed E-state index contributed by atoms with van der Waals surface area (Å²) >= 11 is 0. The van der Waals surface area contributed by atoms with Crippen LogP contribution in [0.2, 0.25) is 0 Å². The highest BCUT2D eigenvalue weighted by Gasteiger charge is 2.35. The average Bonchev–Trinajstić information content (AvgIpc) is 2.93. The zero-order valence-electron chi connectivity index (χ0n) is 15.2. The lowest BCUT2D eigenvalue weighted by Crippen LogP contribution is -2.35. The minimum Gasteiger partial charge on any atom is -0.487 e. The number of benzene rings is 2. The molecule has 1 aliphatic rings. The molecule has 5 nitrogen and oxygen atoms in total. The van der Waals surface area contributed by atoms with E-state index in [0.29, 0.717) is 33.5 Å². The van der Waals surface area contributed by atoms with Gasteiger partial charge in [-0.3, -0.25) is 9.59 Å². The van der Waals surface area contributed by atoms with Crippen molar-refractivity contribution in [2.45, 2.75) is 32.8 Å². The van der Waals surface area contributed by atoms with E-state index in [1.165, 1.54) is 24.3 Å². The quantitative estimate of drug-likeness (QED) is 0.701. The van der Waals surface area contributed by atoms with Crippen LogP contribution in [0.15, 0.2) is 40.8 Å². The molecule has 0 spiro atoms. The summed E-state index contributed by atoms with van der Waals surface area (Å²) in [6.07, 6.45) is 0.251. The van der Waals surface area contributed by atoms with Crippen LogP contribution in [0, 0.1) is 12.7 Å². The molecule has 3 aromatic rings. The Balaban J connectivity index is 1.77. The minimum atomic E-state index is -0.571. The number of anilines is 1. The van der Waals surface area contributed by atoms with Crippen LogP contribution in [0.4, 0.5) is 10.1 Å². The molecule has 1 amide bonds. The molecule has 0 saturated heterocycles. The summed E-state index contributed by atoms with van der Waals surface area (Å²) in [5, 5.41) is 3.27. The Morgan fingerprint density at radius 1 is 1.15 bits per heavy atom. The average molecular weight is 367 g/mol. The van der Waals surface area contributed by atoms with Crippen LogP contribution >= 0.6 is 0 Å². The summed E-state index contributed by atoms with van der Waals surface area (Å²) in [5.41, 5.74) is 1.35. The van der Waals surface area contributed by atoms with E-state index in [1.807, 2.05) is 13.8 Å². The van der Waals surface area contributed by atoms with Crippen LogP contribution in [-0.4, -0.2) is 17.3 Å². The number of hydrogen-bond donors (Lipinski definition) is 1. The second kappa shape index (κ2) is 5.94. The van der Waals surface area contributed by atoms with Crippen LogP contribution in [0.25, 0.3) is 11.0 Å². The summed E-state index contributed by atoms with van der Waals surface area (Å²) in [6.45, 7) is 5.46. The number of aryl methyl sites for hydroxylation is 1. The van der Waals surface area contributed by atoms with Gasteiger partial charge in [0.25, 0.3) is 5.91 Å². The second-order valence-electron chi connectivity index (χ2n) is 7.29. The van der Waals surface area contributed by atoms with Crippen LogP contribution in [0.1, 0.15) is 46.7 Å². The zero-order valence-corrected chi connectivity index (χ0v) is 15.2. The molecule has 1 N–H and O–H groups in total. The van der Waals surface area contributed by atoms with Crippen LogP contribution in [-0.2, 0) is 0 Å². The molecule has 1 aromatic heterocycles. The monoisotopic (exact) mass is 367 g/mol. The van der Waals surface area contributed by atoms with Crippen molar-refractivity contribution in [1.29, 1.82) is 0 Å². The number of rotatable bonds is 2. The first-order valence-electron chi connectivity index (χ1n) is 8.60. The third-order valence-corrected chi connectivity index (χ3v) is 4.62. The van der Waals surface area contributed by atoms with Crippen molar-refractivity contribution in [3.8, 4) is 5.75 Å². The lowest BCUT2D eigenvalue weighted by molar-refractivity contribution is 0.0623. The molecule has 1 aliphatic heterocycles. The molecule has 27 heavy (non-hydrogen) atoms. The molecule has 2 aromatic carbocycles. The van der Waals surface area contributed by atoms with Crippen molar-refractivity contribution in [2.24, 2.45) is 0 Å². The van der Waals surface area contributed by atoms with Gasteiger partial charge in [0.2, 0.25) is 0 Å². The van der Waals surface area contributed by atoms with Gasteiger partial charge in [0, 0.05) is 16.6 Å². The number of furan rings is 1. The fourth-order valence-electron chi connectivity index (χ4n) is 3.43. The van der Waals surface area contributed by atoms with Gasteiger partial charge in [-0.2, -0.15) is 0 Å². The smallest absolute Gasteiger partial charge is 0.291 e. The Bertz CT molecular complexity index is 1080. The predicted molar refractivity (Wildman–Crippen MR) is 99.0 cm³/mol. The number of ether oxygens (including phenoxy) is 1. The molecule has 138 valence electrons. The summed E-state index contributed by atoms with van der Waals surface area (Å²) in [5.74, 6) is -0.283. The molecular weight excluding hydrogens is 349 g/mol. The summed E-state index contributed by atoms with van der Waals surface area (Å²) in [6, 6.07) is 8.84. The van der Waals surface area contributed by atoms with Crippen LogP contribution in [0.3, 0.4) is 0 Å². The molecular formula is C21H18FNO4. The third kappa shape index (κ3) is 2.97. The van der Waals surface area contributed by atoms with Crippen LogP contribution < -0.4 is 10.1 Å².